The molecular formula is C25H27F3N8O3S. The second kappa shape index (κ2) is 10.0. The van der Waals surface area contributed by atoms with Gasteiger partial charge in [0.05, 0.1) is 24.2 Å². The first-order valence-electron chi connectivity index (χ1n) is 12.8. The highest BCUT2D eigenvalue weighted by atomic mass is 32.1. The minimum atomic E-state index is -4.60. The van der Waals surface area contributed by atoms with Gasteiger partial charge in [0.15, 0.2) is 5.82 Å². The number of alkyl halides is 3. The number of halogens is 3. The summed E-state index contributed by atoms with van der Waals surface area (Å²) in [5, 5.41) is 3.67. The van der Waals surface area contributed by atoms with E-state index in [1.54, 1.807) is 41.6 Å². The number of hydrogen-bond acceptors (Lipinski definition) is 9. The van der Waals surface area contributed by atoms with Gasteiger partial charge in [-0.15, -0.1) is 0 Å². The number of carbonyl (C=O) groups excluding carboxylic acids is 1. The molecule has 15 heteroatoms. The summed E-state index contributed by atoms with van der Waals surface area (Å²) in [6.07, 6.45) is -4.62. The van der Waals surface area contributed by atoms with E-state index >= 15 is 0 Å². The molecule has 1 N–H and O–H groups in total. The number of carbonyl (C=O) groups is 1. The molecule has 3 aromatic heterocycles. The monoisotopic (exact) mass is 576 g/mol. The fourth-order valence-electron chi connectivity index (χ4n) is 4.89. The van der Waals surface area contributed by atoms with Crippen molar-refractivity contribution in [3.8, 4) is 17.3 Å². The van der Waals surface area contributed by atoms with Crippen LogP contribution in [0.1, 0.15) is 23.6 Å². The Bertz CT molecular complexity index is 1560. The van der Waals surface area contributed by atoms with Crippen molar-refractivity contribution in [1.29, 1.82) is 0 Å². The Labute approximate surface area is 230 Å². The van der Waals surface area contributed by atoms with Gasteiger partial charge in [0.2, 0.25) is 10.9 Å². The average Bonchev–Trinajstić information content (AvgIpc) is 3.57. The van der Waals surface area contributed by atoms with Gasteiger partial charge in [-0.1, -0.05) is 11.3 Å². The Hall–Kier alpha value is -3.72. The summed E-state index contributed by atoms with van der Waals surface area (Å²) in [5.74, 6) is 1.97. The molecule has 6 rings (SSSR count). The molecule has 2 fully saturated rings. The first-order chi connectivity index (χ1) is 19.0. The van der Waals surface area contributed by atoms with Gasteiger partial charge in [-0.3, -0.25) is 4.79 Å². The van der Waals surface area contributed by atoms with Crippen LogP contribution < -0.4 is 9.64 Å². The van der Waals surface area contributed by atoms with Crippen LogP contribution >= 0.6 is 11.3 Å². The highest BCUT2D eigenvalue weighted by molar-refractivity contribution is 7.16. The van der Waals surface area contributed by atoms with Crippen molar-refractivity contribution in [3.05, 3.63) is 34.9 Å². The fourth-order valence-corrected chi connectivity index (χ4v) is 5.86. The van der Waals surface area contributed by atoms with Gasteiger partial charge in [0.1, 0.15) is 40.7 Å². The molecule has 1 aromatic carbocycles. The van der Waals surface area contributed by atoms with E-state index in [4.69, 9.17) is 9.47 Å². The number of thiazole rings is 1. The smallest absolute Gasteiger partial charge is 0.443 e. The van der Waals surface area contributed by atoms with Crippen LogP contribution in [0.4, 0.5) is 18.2 Å². The molecule has 0 radical (unpaired) electrons. The Morgan fingerprint density at radius 2 is 2.00 bits per heavy atom. The zero-order valence-corrected chi connectivity index (χ0v) is 22.8. The third-order valence-corrected chi connectivity index (χ3v) is 8.08. The molecule has 0 aliphatic carbocycles. The normalized spacial score (nSPS) is 18.4. The van der Waals surface area contributed by atoms with Crippen molar-refractivity contribution < 1.29 is 27.4 Å². The summed E-state index contributed by atoms with van der Waals surface area (Å²) < 4.78 is 53.9. The number of imidazole rings is 1. The van der Waals surface area contributed by atoms with E-state index in [0.29, 0.717) is 77.6 Å². The maximum Gasteiger partial charge on any atom is 0.443 e. The highest BCUT2D eigenvalue weighted by Gasteiger charge is 2.39. The van der Waals surface area contributed by atoms with Crippen LogP contribution in [0.2, 0.25) is 0 Å². The number of fused-ring (bicyclic) bond motifs is 1. The Morgan fingerprint density at radius 1 is 1.20 bits per heavy atom. The summed E-state index contributed by atoms with van der Waals surface area (Å²) in [4.78, 5) is 32.5. The van der Waals surface area contributed by atoms with E-state index in [-0.39, 0.29) is 36.1 Å². The van der Waals surface area contributed by atoms with Crippen molar-refractivity contribution in [3.63, 3.8) is 0 Å². The number of hydrogen-bond donors (Lipinski definition) is 1. The lowest BCUT2D eigenvalue weighted by molar-refractivity contribution is -0.137. The number of benzene rings is 1. The number of nitrogens with one attached hydrogen (secondary N) is 1. The van der Waals surface area contributed by atoms with Crippen molar-refractivity contribution in [2.24, 2.45) is 0 Å². The number of ether oxygens (including phenoxy) is 2. The van der Waals surface area contributed by atoms with Crippen LogP contribution in [0.5, 0.6) is 5.75 Å². The van der Waals surface area contributed by atoms with Gasteiger partial charge in [0.25, 0.3) is 0 Å². The standard InChI is InChI=1S/C25H27F3N8O3S/c1-13-9-34(6-7-35(13)20(37)10-36-15(3)29-14(2)33-36)23-21(32-24(40-23)25(26,27)28)22-30-18-5-4-16(8-19(18)31-22)39-17-11-38-12-17/h4-5,8,13,17H,6-7,9-12H2,1-3H3,(H,30,31)/t13-/m1/s1. The number of H-pyrrole nitrogens is 1. The zero-order chi connectivity index (χ0) is 28.2. The average molecular weight is 577 g/mol. The van der Waals surface area contributed by atoms with Crippen LogP contribution in [0, 0.1) is 13.8 Å². The van der Waals surface area contributed by atoms with Gasteiger partial charge < -0.3 is 24.3 Å². The lowest BCUT2D eigenvalue weighted by atomic mass is 10.2. The number of nitrogens with zero attached hydrogens (tertiary/aromatic N) is 7. The number of aryl methyl sites for hydroxylation is 2. The molecule has 0 unspecified atom stereocenters. The second-order valence-electron chi connectivity index (χ2n) is 9.96. The Morgan fingerprint density at radius 3 is 2.65 bits per heavy atom. The summed E-state index contributed by atoms with van der Waals surface area (Å²) in [7, 11) is 0. The third kappa shape index (κ3) is 5.10. The Kier molecular flexibility index (Phi) is 6.65. The molecule has 2 saturated heterocycles. The topological polar surface area (TPSA) is 114 Å². The molecular weight excluding hydrogens is 549 g/mol. The van der Waals surface area contributed by atoms with E-state index in [1.165, 1.54) is 0 Å². The zero-order valence-electron chi connectivity index (χ0n) is 22.0. The molecule has 1 amide bonds. The molecule has 2 aliphatic rings. The van der Waals surface area contributed by atoms with E-state index in [2.05, 4.69) is 25.0 Å². The number of aromatic amines is 1. The van der Waals surface area contributed by atoms with E-state index in [1.807, 2.05) is 11.8 Å². The molecule has 212 valence electrons. The van der Waals surface area contributed by atoms with Gasteiger partial charge >= 0.3 is 6.18 Å². The molecule has 4 aromatic rings. The molecule has 40 heavy (non-hydrogen) atoms. The molecule has 1 atom stereocenters. The molecule has 11 nitrogen and oxygen atoms in total. The SMILES string of the molecule is Cc1nc(C)n(CC(=O)N2CCN(c3sc(C(F)(F)F)nc3-c3nc4ccc(OC5COC5)cc4[nH]3)C[C@H]2C)n1. The number of piperazine rings is 1. The number of rotatable bonds is 6. The first-order valence-corrected chi connectivity index (χ1v) is 13.6. The second-order valence-corrected chi connectivity index (χ2v) is 10.9. The van der Waals surface area contributed by atoms with Gasteiger partial charge in [-0.25, -0.2) is 19.6 Å². The predicted molar refractivity (Wildman–Crippen MR) is 140 cm³/mol. The number of amides is 1. The predicted octanol–water partition coefficient (Wildman–Crippen LogP) is 3.43. The largest absolute Gasteiger partial charge is 0.486 e. The maximum absolute atomic E-state index is 13.8. The summed E-state index contributed by atoms with van der Waals surface area (Å²) >= 11 is 0.584. The molecule has 0 saturated carbocycles. The molecule has 0 bridgehead atoms. The van der Waals surface area contributed by atoms with E-state index < -0.39 is 11.2 Å². The molecule has 5 heterocycles. The highest BCUT2D eigenvalue weighted by Crippen LogP contribution is 2.43. The van der Waals surface area contributed by atoms with Crippen LogP contribution in [0.25, 0.3) is 22.6 Å². The van der Waals surface area contributed by atoms with Crippen LogP contribution in [0.15, 0.2) is 18.2 Å². The van der Waals surface area contributed by atoms with Crippen LogP contribution in [-0.4, -0.2) is 85.5 Å². The quantitative estimate of drug-likeness (QED) is 0.372. The van der Waals surface area contributed by atoms with Crippen molar-refractivity contribution in [1.82, 2.24) is 34.6 Å². The van der Waals surface area contributed by atoms with Crippen molar-refractivity contribution in [2.75, 3.05) is 37.7 Å². The van der Waals surface area contributed by atoms with E-state index in [0.717, 1.165) is 0 Å². The summed E-state index contributed by atoms with van der Waals surface area (Å²) in [6.45, 7) is 7.55. The van der Waals surface area contributed by atoms with Gasteiger partial charge in [-0.2, -0.15) is 18.3 Å². The Balaban J connectivity index is 1.25. The molecule has 2 aliphatic heterocycles. The lowest BCUT2D eigenvalue weighted by Crippen LogP contribution is -2.54. The lowest BCUT2D eigenvalue weighted by Gasteiger charge is -2.40. The van der Waals surface area contributed by atoms with Gasteiger partial charge in [-0.05, 0) is 32.9 Å². The number of aromatic nitrogens is 6. The van der Waals surface area contributed by atoms with E-state index in [9.17, 15) is 18.0 Å². The summed E-state index contributed by atoms with van der Waals surface area (Å²) in [5.41, 5.74) is 1.34. The third-order valence-electron chi connectivity index (χ3n) is 6.92. The minimum absolute atomic E-state index is 0.0174. The van der Waals surface area contributed by atoms with Crippen molar-refractivity contribution >= 4 is 33.3 Å². The first kappa shape index (κ1) is 26.5. The van der Waals surface area contributed by atoms with Crippen molar-refractivity contribution in [2.45, 2.75) is 45.6 Å². The van der Waals surface area contributed by atoms with Gasteiger partial charge in [0, 0.05) is 31.7 Å². The summed E-state index contributed by atoms with van der Waals surface area (Å²) in [6, 6.07) is 5.05. The maximum atomic E-state index is 13.8. The van der Waals surface area contributed by atoms with Crippen LogP contribution in [0.3, 0.4) is 0 Å². The minimum Gasteiger partial charge on any atom is -0.486 e. The number of anilines is 1. The van der Waals surface area contributed by atoms with Crippen LogP contribution in [-0.2, 0) is 22.3 Å². The fraction of sp³-hybridized carbons (Fsp3) is 0.480. The molecule has 0 spiro atoms.